The summed E-state index contributed by atoms with van der Waals surface area (Å²) in [5, 5.41) is 5.03. The summed E-state index contributed by atoms with van der Waals surface area (Å²) in [6.45, 7) is 1.97. The van der Waals surface area contributed by atoms with E-state index in [9.17, 15) is 13.2 Å². The van der Waals surface area contributed by atoms with Gasteiger partial charge in [0.2, 0.25) is 10.0 Å². The highest BCUT2D eigenvalue weighted by molar-refractivity contribution is 7.88. The molecule has 0 spiro atoms. The molecular weight excluding hydrogens is 308 g/mol. The number of hydrogen-bond donors (Lipinski definition) is 1. The number of rotatable bonds is 3. The third-order valence-electron chi connectivity index (χ3n) is 4.34. The third kappa shape index (κ3) is 3.00. The molecule has 0 radical (unpaired) electrons. The zero-order valence-electron chi connectivity index (χ0n) is 12.2. The summed E-state index contributed by atoms with van der Waals surface area (Å²) in [5.74, 6) is -0.0368. The fourth-order valence-corrected chi connectivity index (χ4v) is 5.87. The van der Waals surface area contributed by atoms with Crippen LogP contribution in [-0.2, 0) is 10.0 Å². The summed E-state index contributed by atoms with van der Waals surface area (Å²) in [7, 11) is -3.14. The minimum absolute atomic E-state index is 0.0368. The van der Waals surface area contributed by atoms with Crippen molar-refractivity contribution in [2.45, 2.75) is 50.7 Å². The Morgan fingerprint density at radius 1 is 1.33 bits per heavy atom. The normalized spacial score (nSPS) is 29.5. The predicted molar refractivity (Wildman–Crippen MR) is 83.0 cm³/mol. The van der Waals surface area contributed by atoms with Gasteiger partial charge in [0.1, 0.15) is 0 Å². The molecule has 2 aliphatic heterocycles. The van der Waals surface area contributed by atoms with Crippen molar-refractivity contribution in [3.63, 3.8) is 0 Å². The van der Waals surface area contributed by atoms with Gasteiger partial charge in [-0.15, -0.1) is 11.3 Å². The van der Waals surface area contributed by atoms with E-state index in [1.165, 1.54) is 17.6 Å². The molecule has 1 aromatic rings. The van der Waals surface area contributed by atoms with Crippen LogP contribution in [0, 0.1) is 6.92 Å². The van der Waals surface area contributed by atoms with Gasteiger partial charge in [-0.05, 0) is 49.6 Å². The Morgan fingerprint density at radius 3 is 2.43 bits per heavy atom. The van der Waals surface area contributed by atoms with E-state index >= 15 is 0 Å². The van der Waals surface area contributed by atoms with Gasteiger partial charge in [-0.25, -0.2) is 8.42 Å². The molecule has 116 valence electrons. The molecule has 3 heterocycles. The SMILES string of the molecule is Cc1csc(C(=O)NC2CC3CCC(C2)N3S(C)(=O)=O)c1. The Hall–Kier alpha value is -0.920. The second kappa shape index (κ2) is 5.37. The van der Waals surface area contributed by atoms with Gasteiger partial charge in [0, 0.05) is 18.1 Å². The molecule has 1 amide bonds. The Bertz CT molecular complexity index is 639. The zero-order valence-corrected chi connectivity index (χ0v) is 13.8. The van der Waals surface area contributed by atoms with Gasteiger partial charge in [-0.1, -0.05) is 0 Å². The van der Waals surface area contributed by atoms with Crippen LogP contribution in [-0.4, -0.2) is 43.0 Å². The molecule has 7 heteroatoms. The first-order valence-electron chi connectivity index (χ1n) is 7.19. The molecule has 2 fully saturated rings. The Morgan fingerprint density at radius 2 is 1.95 bits per heavy atom. The Balaban J connectivity index is 1.67. The van der Waals surface area contributed by atoms with Gasteiger partial charge in [0.15, 0.2) is 0 Å². The number of amides is 1. The number of piperidine rings is 1. The lowest BCUT2D eigenvalue weighted by Crippen LogP contribution is -2.52. The molecule has 0 saturated carbocycles. The van der Waals surface area contributed by atoms with Crippen LogP contribution in [0.15, 0.2) is 11.4 Å². The molecule has 2 aliphatic rings. The van der Waals surface area contributed by atoms with Crippen LogP contribution < -0.4 is 5.32 Å². The molecule has 0 aromatic carbocycles. The van der Waals surface area contributed by atoms with Crippen LogP contribution in [0.25, 0.3) is 0 Å². The van der Waals surface area contributed by atoms with E-state index in [2.05, 4.69) is 5.32 Å². The number of thiophene rings is 1. The van der Waals surface area contributed by atoms with Gasteiger partial charge in [-0.3, -0.25) is 4.79 Å². The van der Waals surface area contributed by atoms with Crippen molar-refractivity contribution in [3.05, 3.63) is 21.9 Å². The van der Waals surface area contributed by atoms with E-state index in [0.717, 1.165) is 36.1 Å². The van der Waals surface area contributed by atoms with E-state index in [0.29, 0.717) is 0 Å². The number of fused-ring (bicyclic) bond motifs is 2. The monoisotopic (exact) mass is 328 g/mol. The zero-order chi connectivity index (χ0) is 15.2. The first-order valence-corrected chi connectivity index (χ1v) is 9.92. The standard InChI is InChI=1S/C14H20N2O3S2/c1-9-5-13(20-8-9)14(17)15-10-6-11-3-4-12(7-10)16(11)21(2,18)19/h5,8,10-12H,3-4,6-7H2,1-2H3,(H,15,17). The highest BCUT2D eigenvalue weighted by atomic mass is 32.2. The Labute approximate surface area is 129 Å². The van der Waals surface area contributed by atoms with Gasteiger partial charge >= 0.3 is 0 Å². The number of nitrogens with one attached hydrogen (secondary N) is 1. The highest BCUT2D eigenvalue weighted by Crippen LogP contribution is 2.37. The minimum Gasteiger partial charge on any atom is -0.348 e. The second-order valence-electron chi connectivity index (χ2n) is 6.11. The molecule has 5 nitrogen and oxygen atoms in total. The van der Waals surface area contributed by atoms with E-state index < -0.39 is 10.0 Å². The molecule has 21 heavy (non-hydrogen) atoms. The van der Waals surface area contributed by atoms with Crippen molar-refractivity contribution in [3.8, 4) is 0 Å². The molecule has 0 aliphatic carbocycles. The van der Waals surface area contributed by atoms with Gasteiger partial charge in [0.25, 0.3) is 5.91 Å². The molecule has 2 unspecified atom stereocenters. The van der Waals surface area contributed by atoms with Crippen molar-refractivity contribution in [1.29, 1.82) is 0 Å². The summed E-state index contributed by atoms with van der Waals surface area (Å²) < 4.78 is 25.3. The lowest BCUT2D eigenvalue weighted by Gasteiger charge is -2.37. The highest BCUT2D eigenvalue weighted by Gasteiger charge is 2.45. The van der Waals surface area contributed by atoms with Crippen LogP contribution in [0.3, 0.4) is 0 Å². The van der Waals surface area contributed by atoms with E-state index in [1.807, 2.05) is 18.4 Å². The largest absolute Gasteiger partial charge is 0.348 e. The number of sulfonamides is 1. The van der Waals surface area contributed by atoms with Crippen molar-refractivity contribution in [2.24, 2.45) is 0 Å². The van der Waals surface area contributed by atoms with Gasteiger partial charge in [0.05, 0.1) is 11.1 Å². The molecule has 1 N–H and O–H groups in total. The number of hydrogen-bond acceptors (Lipinski definition) is 4. The molecule has 2 saturated heterocycles. The maximum atomic E-state index is 12.2. The minimum atomic E-state index is -3.14. The summed E-state index contributed by atoms with van der Waals surface area (Å²) >= 11 is 1.45. The molecule has 1 aromatic heterocycles. The first-order chi connectivity index (χ1) is 9.84. The van der Waals surface area contributed by atoms with E-state index in [1.54, 1.807) is 4.31 Å². The average molecular weight is 328 g/mol. The summed E-state index contributed by atoms with van der Waals surface area (Å²) in [6.07, 6.45) is 4.54. The maximum Gasteiger partial charge on any atom is 0.261 e. The van der Waals surface area contributed by atoms with Crippen molar-refractivity contribution in [1.82, 2.24) is 9.62 Å². The average Bonchev–Trinajstić information content (AvgIpc) is 2.92. The van der Waals surface area contributed by atoms with E-state index in [-0.39, 0.29) is 24.0 Å². The number of nitrogens with zero attached hydrogens (tertiary/aromatic N) is 1. The fourth-order valence-electron chi connectivity index (χ4n) is 3.60. The van der Waals surface area contributed by atoms with Crippen LogP contribution in [0.4, 0.5) is 0 Å². The fraction of sp³-hybridized carbons (Fsp3) is 0.643. The molecule has 2 bridgehead atoms. The third-order valence-corrected chi connectivity index (χ3v) is 6.75. The summed E-state index contributed by atoms with van der Waals surface area (Å²) in [5.41, 5.74) is 1.09. The first kappa shape index (κ1) is 15.0. The smallest absolute Gasteiger partial charge is 0.261 e. The quantitative estimate of drug-likeness (QED) is 0.919. The Kier molecular flexibility index (Phi) is 3.83. The van der Waals surface area contributed by atoms with Crippen LogP contribution in [0.1, 0.15) is 40.9 Å². The molecule has 3 rings (SSSR count). The summed E-state index contributed by atoms with van der Waals surface area (Å²) in [4.78, 5) is 12.9. The predicted octanol–water partition coefficient (Wildman–Crippen LogP) is 1.74. The lowest BCUT2D eigenvalue weighted by molar-refractivity contribution is 0.0913. The van der Waals surface area contributed by atoms with Gasteiger partial charge < -0.3 is 5.32 Å². The maximum absolute atomic E-state index is 12.2. The van der Waals surface area contributed by atoms with Crippen LogP contribution >= 0.6 is 11.3 Å². The topological polar surface area (TPSA) is 66.5 Å². The summed E-state index contributed by atoms with van der Waals surface area (Å²) in [6, 6.07) is 2.07. The number of aryl methyl sites for hydroxylation is 1. The lowest BCUT2D eigenvalue weighted by atomic mass is 9.99. The number of carbonyl (C=O) groups is 1. The van der Waals surface area contributed by atoms with Crippen LogP contribution in [0.5, 0.6) is 0 Å². The van der Waals surface area contributed by atoms with E-state index in [4.69, 9.17) is 0 Å². The van der Waals surface area contributed by atoms with Crippen molar-refractivity contribution < 1.29 is 13.2 Å². The molecular formula is C14H20N2O3S2. The van der Waals surface area contributed by atoms with Crippen molar-refractivity contribution in [2.75, 3.05) is 6.26 Å². The number of carbonyl (C=O) groups excluding carboxylic acids is 1. The molecule has 2 atom stereocenters. The van der Waals surface area contributed by atoms with Crippen molar-refractivity contribution >= 4 is 27.3 Å². The second-order valence-corrected chi connectivity index (χ2v) is 8.91. The van der Waals surface area contributed by atoms with Crippen LogP contribution in [0.2, 0.25) is 0 Å². The van der Waals surface area contributed by atoms with Gasteiger partial charge in [-0.2, -0.15) is 4.31 Å².